The Bertz CT molecular complexity index is 1170. The summed E-state index contributed by atoms with van der Waals surface area (Å²) in [5, 5.41) is 6.05. The highest BCUT2D eigenvalue weighted by Gasteiger charge is 2.47. The van der Waals surface area contributed by atoms with Crippen LogP contribution in [0.1, 0.15) is 62.1 Å². The zero-order chi connectivity index (χ0) is 22.9. The summed E-state index contributed by atoms with van der Waals surface area (Å²) in [6.45, 7) is 15.4. The Morgan fingerprint density at radius 3 is 2.53 bits per heavy atom. The lowest BCUT2D eigenvalue weighted by molar-refractivity contribution is 0.370. The van der Waals surface area contributed by atoms with Gasteiger partial charge in [0.05, 0.1) is 5.54 Å². The summed E-state index contributed by atoms with van der Waals surface area (Å²) < 4.78 is 0. The van der Waals surface area contributed by atoms with Crippen molar-refractivity contribution in [2.24, 2.45) is 11.8 Å². The second-order valence-corrected chi connectivity index (χ2v) is 10.5. The molecule has 4 rings (SSSR count). The molecule has 0 amide bonds. The van der Waals surface area contributed by atoms with Crippen molar-refractivity contribution in [1.82, 2.24) is 5.32 Å². The molecule has 1 aliphatic heterocycles. The van der Waals surface area contributed by atoms with Gasteiger partial charge in [0.1, 0.15) is 0 Å². The van der Waals surface area contributed by atoms with Gasteiger partial charge in [0.25, 0.3) is 0 Å². The van der Waals surface area contributed by atoms with Crippen molar-refractivity contribution in [3.05, 3.63) is 93.8 Å². The number of nitrogens with one attached hydrogen (secondary N) is 1. The summed E-state index contributed by atoms with van der Waals surface area (Å²) in [5.41, 5.74) is 7.27. The smallest absolute Gasteiger partial charge is 0.0761 e. The zero-order valence-electron chi connectivity index (χ0n) is 19.8. The van der Waals surface area contributed by atoms with E-state index in [0.29, 0.717) is 17.8 Å². The van der Waals surface area contributed by atoms with Crippen LogP contribution in [0, 0.1) is 23.7 Å². The van der Waals surface area contributed by atoms with Gasteiger partial charge in [0.15, 0.2) is 0 Å². The molecule has 1 aliphatic rings. The quantitative estimate of drug-likeness (QED) is 0.401. The summed E-state index contributed by atoms with van der Waals surface area (Å²) in [6.07, 6.45) is 1.12. The minimum absolute atomic E-state index is 0.181. The van der Waals surface area contributed by atoms with E-state index in [-0.39, 0.29) is 5.54 Å². The first-order chi connectivity index (χ1) is 15.3. The Balaban J connectivity index is 1.69. The molecule has 1 N–H and O–H groups in total. The lowest BCUT2D eigenvalue weighted by Gasteiger charge is -2.32. The second kappa shape index (κ2) is 9.00. The molecule has 2 heteroatoms. The molecular weight excluding hydrogens is 406 g/mol. The van der Waals surface area contributed by atoms with Crippen LogP contribution >= 0.6 is 11.3 Å². The van der Waals surface area contributed by atoms with E-state index in [1.807, 2.05) is 18.3 Å². The lowest BCUT2D eigenvalue weighted by atomic mass is 9.75. The molecule has 3 atom stereocenters. The van der Waals surface area contributed by atoms with E-state index in [1.54, 1.807) is 0 Å². The van der Waals surface area contributed by atoms with E-state index < -0.39 is 0 Å². The summed E-state index contributed by atoms with van der Waals surface area (Å²) in [5.74, 6) is 7.55. The maximum Gasteiger partial charge on any atom is 0.0761 e. The number of benzene rings is 2. The Kier molecular flexibility index (Phi) is 6.31. The van der Waals surface area contributed by atoms with Gasteiger partial charge in [-0.05, 0) is 72.0 Å². The first-order valence-electron chi connectivity index (χ1n) is 11.5. The number of thiophene rings is 1. The van der Waals surface area contributed by atoms with Crippen LogP contribution in [0.15, 0.2) is 72.3 Å². The molecule has 32 heavy (non-hydrogen) atoms. The Labute approximate surface area is 197 Å². The van der Waals surface area contributed by atoms with Crippen molar-refractivity contribution in [3.63, 3.8) is 0 Å². The molecule has 3 unspecified atom stereocenters. The first-order valence-corrected chi connectivity index (χ1v) is 12.4. The molecule has 1 fully saturated rings. The van der Waals surface area contributed by atoms with E-state index in [4.69, 9.17) is 0 Å². The summed E-state index contributed by atoms with van der Waals surface area (Å²) >= 11 is 1.83. The van der Waals surface area contributed by atoms with Crippen molar-refractivity contribution in [2.45, 2.75) is 52.5 Å². The Morgan fingerprint density at radius 1 is 1.09 bits per heavy atom. The van der Waals surface area contributed by atoms with Gasteiger partial charge in [-0.3, -0.25) is 0 Å². The van der Waals surface area contributed by atoms with E-state index in [9.17, 15) is 0 Å². The van der Waals surface area contributed by atoms with Crippen LogP contribution in [0.4, 0.5) is 0 Å². The molecule has 164 valence electrons. The maximum atomic E-state index is 4.36. The highest BCUT2D eigenvalue weighted by atomic mass is 32.1. The van der Waals surface area contributed by atoms with Crippen LogP contribution in [0.5, 0.6) is 0 Å². The number of hydrogen-bond donors (Lipinski definition) is 1. The normalized spacial score (nSPS) is 22.5. The van der Waals surface area contributed by atoms with E-state index in [2.05, 4.69) is 111 Å². The van der Waals surface area contributed by atoms with Crippen molar-refractivity contribution in [2.75, 3.05) is 0 Å². The van der Waals surface area contributed by atoms with Gasteiger partial charge in [0, 0.05) is 28.0 Å². The third-order valence-electron chi connectivity index (χ3n) is 6.65. The molecule has 2 heterocycles. The van der Waals surface area contributed by atoms with Gasteiger partial charge < -0.3 is 5.32 Å². The largest absolute Gasteiger partial charge is 0.378 e. The number of hydrogen-bond acceptors (Lipinski definition) is 2. The Morgan fingerprint density at radius 2 is 1.84 bits per heavy atom. The molecule has 0 spiro atoms. The van der Waals surface area contributed by atoms with Crippen molar-refractivity contribution in [1.29, 1.82) is 0 Å². The molecular formula is C30H33NS. The summed E-state index contributed by atoms with van der Waals surface area (Å²) in [7, 11) is 0. The Hall–Kier alpha value is -2.76. The van der Waals surface area contributed by atoms with Crippen LogP contribution in [-0.4, -0.2) is 0 Å². The number of rotatable bonds is 5. The SMILES string of the molecule is C=C1NC(C)(c2cc(-c3cccc(C#CC)c3)cs2)C(c2ccc(CC(C)C)cc2)C1C. The lowest BCUT2D eigenvalue weighted by Crippen LogP contribution is -2.36. The average Bonchev–Trinajstić information content (AvgIpc) is 3.34. The van der Waals surface area contributed by atoms with Crippen LogP contribution < -0.4 is 5.32 Å². The molecule has 0 saturated carbocycles. The second-order valence-electron chi connectivity index (χ2n) is 9.61. The summed E-state index contributed by atoms with van der Waals surface area (Å²) in [4.78, 5) is 1.35. The van der Waals surface area contributed by atoms with Crippen LogP contribution in [0.25, 0.3) is 11.1 Å². The fourth-order valence-electron chi connectivity index (χ4n) is 5.08. The molecule has 2 aromatic carbocycles. The molecule has 0 radical (unpaired) electrons. The minimum atomic E-state index is -0.181. The van der Waals surface area contributed by atoms with Crippen molar-refractivity contribution in [3.8, 4) is 23.0 Å². The van der Waals surface area contributed by atoms with Gasteiger partial charge in [-0.25, -0.2) is 0 Å². The van der Waals surface area contributed by atoms with E-state index >= 15 is 0 Å². The monoisotopic (exact) mass is 439 g/mol. The molecule has 0 bridgehead atoms. The number of allylic oxidation sites excluding steroid dienone is 1. The maximum absolute atomic E-state index is 4.36. The van der Waals surface area contributed by atoms with Gasteiger partial charge in [0.2, 0.25) is 0 Å². The standard InChI is InChI=1S/C30H33NS/c1-7-9-23-10-8-11-26(17-23)27-18-28(32-19-27)30(6)29(21(4)22(5)31-30)25-14-12-24(13-15-25)16-20(2)3/h8,10-15,17-21,29,31H,5,16H2,1-4,6H3. The van der Waals surface area contributed by atoms with Crippen LogP contribution in [0.2, 0.25) is 0 Å². The predicted molar refractivity (Wildman–Crippen MR) is 139 cm³/mol. The van der Waals surface area contributed by atoms with Gasteiger partial charge in [-0.2, -0.15) is 0 Å². The third-order valence-corrected chi connectivity index (χ3v) is 7.82. The van der Waals surface area contributed by atoms with Gasteiger partial charge in [-0.15, -0.1) is 17.3 Å². The third kappa shape index (κ3) is 4.27. The van der Waals surface area contributed by atoms with Gasteiger partial charge in [-0.1, -0.05) is 69.7 Å². The highest BCUT2D eigenvalue weighted by molar-refractivity contribution is 7.10. The van der Waals surface area contributed by atoms with Crippen LogP contribution in [0.3, 0.4) is 0 Å². The van der Waals surface area contributed by atoms with Gasteiger partial charge >= 0.3 is 0 Å². The molecule has 1 nitrogen and oxygen atoms in total. The summed E-state index contributed by atoms with van der Waals surface area (Å²) in [6, 6.07) is 20.1. The van der Waals surface area contributed by atoms with Crippen molar-refractivity contribution < 1.29 is 0 Å². The molecule has 0 aliphatic carbocycles. The minimum Gasteiger partial charge on any atom is -0.378 e. The van der Waals surface area contributed by atoms with E-state index in [0.717, 1.165) is 17.7 Å². The highest BCUT2D eigenvalue weighted by Crippen LogP contribution is 2.51. The topological polar surface area (TPSA) is 12.0 Å². The first kappa shape index (κ1) is 22.4. The molecule has 1 saturated heterocycles. The molecule has 1 aromatic heterocycles. The van der Waals surface area contributed by atoms with E-state index in [1.165, 1.54) is 27.1 Å². The fourth-order valence-corrected chi connectivity index (χ4v) is 6.15. The fraction of sp³-hybridized carbons (Fsp3) is 0.333. The average molecular weight is 440 g/mol. The van der Waals surface area contributed by atoms with Crippen LogP contribution in [-0.2, 0) is 12.0 Å². The predicted octanol–water partition coefficient (Wildman–Crippen LogP) is 7.74. The molecule has 3 aromatic rings. The zero-order valence-corrected chi connectivity index (χ0v) is 20.6. The van der Waals surface area contributed by atoms with Crippen molar-refractivity contribution >= 4 is 11.3 Å².